The average Bonchev–Trinajstić information content (AvgIpc) is 2.88. The highest BCUT2D eigenvalue weighted by Crippen LogP contribution is 2.48. The van der Waals surface area contributed by atoms with E-state index in [0.717, 1.165) is 6.54 Å². The summed E-state index contributed by atoms with van der Waals surface area (Å²) in [5.41, 5.74) is 0. The minimum Gasteiger partial charge on any atom is -0.325 e. The lowest BCUT2D eigenvalue weighted by atomic mass is 10.3. The maximum Gasteiger partial charge on any atom is 0.240 e. The van der Waals surface area contributed by atoms with Crippen molar-refractivity contribution in [3.63, 3.8) is 0 Å². The molecule has 0 radical (unpaired) electrons. The number of thioether (sulfide) groups is 1. The topological polar surface area (TPSA) is 32.3 Å². The van der Waals surface area contributed by atoms with Gasteiger partial charge >= 0.3 is 0 Å². The van der Waals surface area contributed by atoms with Crippen LogP contribution >= 0.6 is 11.8 Å². The van der Waals surface area contributed by atoms with Crippen LogP contribution in [0.25, 0.3) is 0 Å². The fourth-order valence-electron chi connectivity index (χ4n) is 2.05. The van der Waals surface area contributed by atoms with Crippen LogP contribution in [-0.2, 0) is 4.79 Å². The third-order valence-electron chi connectivity index (χ3n) is 3.31. The highest BCUT2D eigenvalue weighted by Gasteiger charge is 2.47. The fourth-order valence-corrected chi connectivity index (χ4v) is 2.83. The van der Waals surface area contributed by atoms with Gasteiger partial charge in [-0.15, -0.1) is 0 Å². The predicted molar refractivity (Wildman–Crippen MR) is 59.3 cm³/mol. The number of rotatable bonds is 3. The van der Waals surface area contributed by atoms with Gasteiger partial charge in [-0.25, -0.2) is 0 Å². The highest BCUT2D eigenvalue weighted by atomic mass is 32.2. The molecule has 0 bridgehead atoms. The largest absolute Gasteiger partial charge is 0.325 e. The first-order valence-electron chi connectivity index (χ1n) is 5.20. The number of hydrogen-bond donors (Lipinski definition) is 1. The van der Waals surface area contributed by atoms with E-state index in [4.69, 9.17) is 0 Å². The van der Waals surface area contributed by atoms with Gasteiger partial charge in [0.05, 0.1) is 12.2 Å². The molecule has 1 saturated heterocycles. The van der Waals surface area contributed by atoms with Crippen molar-refractivity contribution in [3.8, 4) is 0 Å². The van der Waals surface area contributed by atoms with Gasteiger partial charge in [0.1, 0.15) is 0 Å². The minimum atomic E-state index is 0.00246. The summed E-state index contributed by atoms with van der Waals surface area (Å²) in [5.74, 6) is 0.262. The summed E-state index contributed by atoms with van der Waals surface area (Å²) in [7, 11) is 0. The summed E-state index contributed by atoms with van der Waals surface area (Å²) < 4.78 is 0.385. The van der Waals surface area contributed by atoms with E-state index in [1.54, 1.807) is 0 Å². The van der Waals surface area contributed by atoms with Gasteiger partial charge in [-0.05, 0) is 32.9 Å². The van der Waals surface area contributed by atoms with Gasteiger partial charge in [0.25, 0.3) is 0 Å². The van der Waals surface area contributed by atoms with E-state index in [2.05, 4.69) is 18.5 Å². The Morgan fingerprint density at radius 2 is 2.21 bits per heavy atom. The maximum atomic E-state index is 11.8. The second-order valence-corrected chi connectivity index (χ2v) is 5.69. The van der Waals surface area contributed by atoms with Crippen molar-refractivity contribution in [2.45, 2.75) is 43.6 Å². The van der Waals surface area contributed by atoms with Gasteiger partial charge in [-0.2, -0.15) is 11.8 Å². The van der Waals surface area contributed by atoms with Crippen molar-refractivity contribution in [3.05, 3.63) is 0 Å². The Morgan fingerprint density at radius 1 is 1.57 bits per heavy atom. The highest BCUT2D eigenvalue weighted by molar-refractivity contribution is 8.00. The summed E-state index contributed by atoms with van der Waals surface area (Å²) in [6.45, 7) is 4.93. The van der Waals surface area contributed by atoms with Crippen molar-refractivity contribution in [2.75, 3.05) is 12.8 Å². The van der Waals surface area contributed by atoms with Crippen LogP contribution in [0.15, 0.2) is 0 Å². The van der Waals surface area contributed by atoms with Crippen molar-refractivity contribution in [2.24, 2.45) is 0 Å². The van der Waals surface area contributed by atoms with E-state index < -0.39 is 0 Å². The van der Waals surface area contributed by atoms with Crippen LogP contribution in [0, 0.1) is 0 Å². The van der Waals surface area contributed by atoms with Crippen molar-refractivity contribution < 1.29 is 4.79 Å². The first-order chi connectivity index (χ1) is 6.58. The zero-order chi connectivity index (χ0) is 10.3. The molecule has 2 rings (SSSR count). The molecule has 1 heterocycles. The molecule has 1 aliphatic carbocycles. The Morgan fingerprint density at radius 3 is 2.57 bits per heavy atom. The number of nitrogens with zero attached hydrogens (tertiary/aromatic N) is 1. The molecule has 14 heavy (non-hydrogen) atoms. The lowest BCUT2D eigenvalue weighted by Gasteiger charge is -2.25. The maximum absolute atomic E-state index is 11.8. The Balaban J connectivity index is 2.00. The molecule has 0 aromatic carbocycles. The smallest absolute Gasteiger partial charge is 0.240 e. The standard InChI is InChI=1S/C10H18N2OS/c1-7-9(13)12(8(2)11-7)6-10(14-3)4-5-10/h7-8,11H,4-6H2,1-3H3. The van der Waals surface area contributed by atoms with E-state index in [0.29, 0.717) is 4.75 Å². The van der Waals surface area contributed by atoms with Crippen molar-refractivity contribution in [1.29, 1.82) is 0 Å². The summed E-state index contributed by atoms with van der Waals surface area (Å²) >= 11 is 1.91. The third kappa shape index (κ3) is 1.65. The van der Waals surface area contributed by atoms with Gasteiger partial charge in [0, 0.05) is 11.3 Å². The monoisotopic (exact) mass is 214 g/mol. The molecule has 4 heteroatoms. The van der Waals surface area contributed by atoms with E-state index in [-0.39, 0.29) is 18.1 Å². The molecule has 0 spiro atoms. The Labute approximate surface area is 89.6 Å². The van der Waals surface area contributed by atoms with Crippen LogP contribution in [0.2, 0.25) is 0 Å². The van der Waals surface area contributed by atoms with Crippen molar-refractivity contribution in [1.82, 2.24) is 10.2 Å². The SMILES string of the molecule is CSC1(CN2C(=O)C(C)NC2C)CC1. The summed E-state index contributed by atoms with van der Waals surface area (Å²) in [5, 5.41) is 3.26. The Hall–Kier alpha value is -0.220. The summed E-state index contributed by atoms with van der Waals surface area (Å²) in [4.78, 5) is 13.8. The zero-order valence-electron chi connectivity index (χ0n) is 9.04. The van der Waals surface area contributed by atoms with Crippen LogP contribution in [0.4, 0.5) is 0 Å². The van der Waals surface area contributed by atoms with Crippen molar-refractivity contribution >= 4 is 17.7 Å². The van der Waals surface area contributed by atoms with E-state index in [1.165, 1.54) is 12.8 Å². The second kappa shape index (κ2) is 3.42. The molecule has 2 atom stereocenters. The normalized spacial score (nSPS) is 35.1. The zero-order valence-corrected chi connectivity index (χ0v) is 9.86. The molecular formula is C10H18N2OS. The summed E-state index contributed by atoms with van der Waals surface area (Å²) in [6.07, 6.45) is 4.88. The van der Waals surface area contributed by atoms with Gasteiger partial charge < -0.3 is 4.90 Å². The lowest BCUT2D eigenvalue weighted by Crippen LogP contribution is -2.40. The minimum absolute atomic E-state index is 0.00246. The van der Waals surface area contributed by atoms with Gasteiger partial charge in [-0.3, -0.25) is 10.1 Å². The number of amides is 1. The molecule has 1 aliphatic heterocycles. The summed E-state index contributed by atoms with van der Waals surface area (Å²) in [6, 6.07) is 0.00246. The van der Waals surface area contributed by atoms with Gasteiger partial charge in [0.2, 0.25) is 5.91 Å². The number of carbonyl (C=O) groups excluding carboxylic acids is 1. The molecule has 2 aliphatic rings. The molecule has 1 amide bonds. The lowest BCUT2D eigenvalue weighted by molar-refractivity contribution is -0.129. The van der Waals surface area contributed by atoms with Crippen LogP contribution in [0.1, 0.15) is 26.7 Å². The van der Waals surface area contributed by atoms with Crippen LogP contribution in [0.5, 0.6) is 0 Å². The molecule has 2 unspecified atom stereocenters. The molecule has 1 N–H and O–H groups in total. The average molecular weight is 214 g/mol. The second-order valence-electron chi connectivity index (χ2n) is 4.42. The third-order valence-corrected chi connectivity index (χ3v) is 4.71. The number of hydrogen-bond acceptors (Lipinski definition) is 3. The molecule has 0 aromatic rings. The van der Waals surface area contributed by atoms with Crippen LogP contribution in [0.3, 0.4) is 0 Å². The Kier molecular flexibility index (Phi) is 2.52. The first kappa shape index (κ1) is 10.3. The first-order valence-corrected chi connectivity index (χ1v) is 6.42. The van der Waals surface area contributed by atoms with E-state index in [1.807, 2.05) is 23.6 Å². The van der Waals surface area contributed by atoms with Gasteiger partial charge in [-0.1, -0.05) is 0 Å². The van der Waals surface area contributed by atoms with E-state index in [9.17, 15) is 4.79 Å². The quantitative estimate of drug-likeness (QED) is 0.762. The fraction of sp³-hybridized carbons (Fsp3) is 0.900. The predicted octanol–water partition coefficient (Wildman–Crippen LogP) is 1.05. The number of carbonyl (C=O) groups is 1. The number of nitrogens with one attached hydrogen (secondary N) is 1. The molecule has 0 aromatic heterocycles. The molecule has 80 valence electrons. The van der Waals surface area contributed by atoms with Crippen LogP contribution < -0.4 is 5.32 Å². The van der Waals surface area contributed by atoms with E-state index >= 15 is 0 Å². The molecular weight excluding hydrogens is 196 g/mol. The molecule has 1 saturated carbocycles. The van der Waals surface area contributed by atoms with Crippen LogP contribution in [-0.4, -0.2) is 40.6 Å². The van der Waals surface area contributed by atoms with Gasteiger partial charge in [0.15, 0.2) is 0 Å². The molecule has 3 nitrogen and oxygen atoms in total. The Bertz CT molecular complexity index is 253. The molecule has 2 fully saturated rings.